The normalized spacial score (nSPS) is 15.4. The average Bonchev–Trinajstić information content (AvgIpc) is 3.06. The summed E-state index contributed by atoms with van der Waals surface area (Å²) in [6.45, 7) is 0.725. The second kappa shape index (κ2) is 7.09. The first kappa shape index (κ1) is 16.6. The van der Waals surface area contributed by atoms with Crippen LogP contribution in [0.4, 0.5) is 0 Å². The zero-order chi connectivity index (χ0) is 17.0. The fourth-order valence-corrected chi connectivity index (χ4v) is 3.09. The van der Waals surface area contributed by atoms with Gasteiger partial charge in [-0.1, -0.05) is 30.2 Å². The summed E-state index contributed by atoms with van der Waals surface area (Å²) in [4.78, 5) is 24.4. The van der Waals surface area contributed by atoms with Crippen molar-refractivity contribution in [1.82, 2.24) is 10.6 Å². The van der Waals surface area contributed by atoms with Crippen LogP contribution in [-0.2, 0) is 10.2 Å². The number of rotatable bonds is 6. The summed E-state index contributed by atoms with van der Waals surface area (Å²) in [6.07, 6.45) is 4.15. The molecule has 1 aromatic heterocycles. The molecular formula is C18H19ClN2O3. The van der Waals surface area contributed by atoms with Gasteiger partial charge in [-0.2, -0.15) is 0 Å². The molecule has 0 aliphatic heterocycles. The van der Waals surface area contributed by atoms with Crippen LogP contribution in [0.2, 0.25) is 5.02 Å². The summed E-state index contributed by atoms with van der Waals surface area (Å²) < 4.78 is 5.01. The molecule has 1 heterocycles. The Balaban J connectivity index is 1.52. The zero-order valence-electron chi connectivity index (χ0n) is 13.2. The molecule has 6 heteroatoms. The molecule has 0 radical (unpaired) electrons. The number of hydrogen-bond donors (Lipinski definition) is 2. The van der Waals surface area contributed by atoms with Crippen LogP contribution in [0, 0.1) is 0 Å². The molecule has 0 unspecified atom stereocenters. The number of benzene rings is 1. The van der Waals surface area contributed by atoms with Crippen molar-refractivity contribution in [3.05, 3.63) is 59.0 Å². The molecule has 0 bridgehead atoms. The van der Waals surface area contributed by atoms with E-state index in [4.69, 9.17) is 16.0 Å². The number of carbonyl (C=O) groups is 2. The van der Waals surface area contributed by atoms with Crippen LogP contribution in [0.25, 0.3) is 0 Å². The van der Waals surface area contributed by atoms with E-state index >= 15 is 0 Å². The molecule has 1 aliphatic carbocycles. The van der Waals surface area contributed by atoms with Gasteiger partial charge in [0.25, 0.3) is 5.91 Å². The van der Waals surface area contributed by atoms with Gasteiger partial charge in [0.05, 0.1) is 11.7 Å². The lowest BCUT2D eigenvalue weighted by atomic mass is 9.64. The molecule has 5 nitrogen and oxygen atoms in total. The van der Waals surface area contributed by atoms with Crippen molar-refractivity contribution in [3.63, 3.8) is 0 Å². The fraction of sp³-hybridized carbons (Fsp3) is 0.333. The van der Waals surface area contributed by atoms with E-state index in [1.54, 1.807) is 12.1 Å². The summed E-state index contributed by atoms with van der Waals surface area (Å²) in [7, 11) is 0. The SMILES string of the molecule is O=C(NCCNC(=O)C1(c2ccc(Cl)cc2)CCC1)c1ccco1. The molecule has 2 amide bonds. The molecule has 0 spiro atoms. The largest absolute Gasteiger partial charge is 0.459 e. The van der Waals surface area contributed by atoms with Gasteiger partial charge in [0.2, 0.25) is 5.91 Å². The van der Waals surface area contributed by atoms with Crippen LogP contribution in [0.1, 0.15) is 35.4 Å². The lowest BCUT2D eigenvalue weighted by Crippen LogP contribution is -2.50. The van der Waals surface area contributed by atoms with Gasteiger partial charge < -0.3 is 15.1 Å². The number of furan rings is 1. The number of hydrogen-bond acceptors (Lipinski definition) is 3. The van der Waals surface area contributed by atoms with Crippen molar-refractivity contribution < 1.29 is 14.0 Å². The summed E-state index contributed by atoms with van der Waals surface area (Å²) in [5.41, 5.74) is 0.533. The Kier molecular flexibility index (Phi) is 4.90. The van der Waals surface area contributed by atoms with Crippen LogP contribution in [0.5, 0.6) is 0 Å². The van der Waals surface area contributed by atoms with Gasteiger partial charge in [-0.05, 0) is 42.7 Å². The molecule has 24 heavy (non-hydrogen) atoms. The van der Waals surface area contributed by atoms with Gasteiger partial charge in [-0.3, -0.25) is 9.59 Å². The first-order valence-electron chi connectivity index (χ1n) is 7.98. The third kappa shape index (κ3) is 3.31. The monoisotopic (exact) mass is 346 g/mol. The predicted octanol–water partition coefficient (Wildman–Crippen LogP) is 2.90. The molecule has 2 aromatic rings. The van der Waals surface area contributed by atoms with E-state index in [0.717, 1.165) is 24.8 Å². The summed E-state index contributed by atoms with van der Waals surface area (Å²) in [5, 5.41) is 6.29. The summed E-state index contributed by atoms with van der Waals surface area (Å²) in [5.74, 6) is -0.0217. The van der Waals surface area contributed by atoms with Crippen LogP contribution < -0.4 is 10.6 Å². The second-order valence-corrected chi connectivity index (χ2v) is 6.37. The number of nitrogens with one attached hydrogen (secondary N) is 2. The highest BCUT2D eigenvalue weighted by atomic mass is 35.5. The van der Waals surface area contributed by atoms with Crippen molar-refractivity contribution in [2.75, 3.05) is 13.1 Å². The van der Waals surface area contributed by atoms with E-state index in [0.29, 0.717) is 18.1 Å². The molecular weight excluding hydrogens is 328 g/mol. The Bertz CT molecular complexity index is 706. The van der Waals surface area contributed by atoms with Crippen molar-refractivity contribution in [2.45, 2.75) is 24.7 Å². The fourth-order valence-electron chi connectivity index (χ4n) is 2.96. The molecule has 0 atom stereocenters. The Morgan fingerprint density at radius 2 is 1.79 bits per heavy atom. The third-order valence-corrected chi connectivity index (χ3v) is 4.73. The van der Waals surface area contributed by atoms with Crippen LogP contribution in [-0.4, -0.2) is 24.9 Å². The first-order chi connectivity index (χ1) is 11.6. The van der Waals surface area contributed by atoms with Crippen molar-refractivity contribution in [3.8, 4) is 0 Å². The third-order valence-electron chi connectivity index (χ3n) is 4.48. The highest BCUT2D eigenvalue weighted by Gasteiger charge is 2.45. The maximum Gasteiger partial charge on any atom is 0.287 e. The highest BCUT2D eigenvalue weighted by molar-refractivity contribution is 6.30. The Labute approximate surface area is 145 Å². The smallest absolute Gasteiger partial charge is 0.287 e. The average molecular weight is 347 g/mol. The maximum absolute atomic E-state index is 12.6. The van der Waals surface area contributed by atoms with Crippen molar-refractivity contribution in [1.29, 1.82) is 0 Å². The van der Waals surface area contributed by atoms with E-state index in [1.807, 2.05) is 24.3 Å². The molecule has 1 aliphatic rings. The number of carbonyl (C=O) groups excluding carboxylic acids is 2. The first-order valence-corrected chi connectivity index (χ1v) is 8.36. The lowest BCUT2D eigenvalue weighted by molar-refractivity contribution is -0.129. The van der Waals surface area contributed by atoms with Gasteiger partial charge in [-0.25, -0.2) is 0 Å². The molecule has 126 valence electrons. The van der Waals surface area contributed by atoms with Crippen molar-refractivity contribution >= 4 is 23.4 Å². The summed E-state index contributed by atoms with van der Waals surface area (Å²) in [6, 6.07) is 10.7. The Hall–Kier alpha value is -2.27. The van der Waals surface area contributed by atoms with E-state index in [1.165, 1.54) is 6.26 Å². The Morgan fingerprint density at radius 3 is 2.38 bits per heavy atom. The predicted molar refractivity (Wildman–Crippen MR) is 91.0 cm³/mol. The highest BCUT2D eigenvalue weighted by Crippen LogP contribution is 2.44. The van der Waals surface area contributed by atoms with E-state index < -0.39 is 5.41 Å². The van der Waals surface area contributed by atoms with Crippen molar-refractivity contribution in [2.24, 2.45) is 0 Å². The van der Waals surface area contributed by atoms with E-state index in [9.17, 15) is 9.59 Å². The molecule has 1 aromatic carbocycles. The van der Waals surface area contributed by atoms with Gasteiger partial charge in [0.15, 0.2) is 5.76 Å². The van der Waals surface area contributed by atoms with Gasteiger partial charge in [-0.15, -0.1) is 0 Å². The van der Waals surface area contributed by atoms with E-state index in [2.05, 4.69) is 10.6 Å². The van der Waals surface area contributed by atoms with Crippen LogP contribution >= 0.6 is 11.6 Å². The number of amides is 2. The Morgan fingerprint density at radius 1 is 1.08 bits per heavy atom. The molecule has 2 N–H and O–H groups in total. The minimum absolute atomic E-state index is 0.00307. The zero-order valence-corrected chi connectivity index (χ0v) is 13.9. The quantitative estimate of drug-likeness (QED) is 0.790. The van der Waals surface area contributed by atoms with Gasteiger partial charge in [0.1, 0.15) is 0 Å². The number of halogens is 1. The molecule has 3 rings (SSSR count). The topological polar surface area (TPSA) is 71.3 Å². The second-order valence-electron chi connectivity index (χ2n) is 5.93. The van der Waals surface area contributed by atoms with E-state index in [-0.39, 0.29) is 17.6 Å². The van der Waals surface area contributed by atoms with Gasteiger partial charge >= 0.3 is 0 Å². The lowest BCUT2D eigenvalue weighted by Gasteiger charge is -2.40. The molecule has 1 fully saturated rings. The summed E-state index contributed by atoms with van der Waals surface area (Å²) >= 11 is 5.93. The molecule has 1 saturated carbocycles. The van der Waals surface area contributed by atoms with Gasteiger partial charge in [0, 0.05) is 18.1 Å². The minimum atomic E-state index is -0.463. The minimum Gasteiger partial charge on any atom is -0.459 e. The van der Waals surface area contributed by atoms with Crippen LogP contribution in [0.3, 0.4) is 0 Å². The van der Waals surface area contributed by atoms with Crippen LogP contribution in [0.15, 0.2) is 47.1 Å². The molecule has 0 saturated heterocycles. The standard InChI is InChI=1S/C18H19ClN2O3/c19-14-6-4-13(5-7-14)18(8-2-9-18)17(23)21-11-10-20-16(22)15-3-1-12-24-15/h1,3-7,12H,2,8-11H2,(H,20,22)(H,21,23). The maximum atomic E-state index is 12.6.